The number of aromatic nitrogens is 3. The molecule has 0 aromatic carbocycles. The molecule has 1 aliphatic heterocycles. The van der Waals surface area contributed by atoms with Gasteiger partial charge in [0.15, 0.2) is 5.65 Å². The molecular weight excluding hydrogens is 348 g/mol. The van der Waals surface area contributed by atoms with Crippen molar-refractivity contribution in [3.63, 3.8) is 0 Å². The van der Waals surface area contributed by atoms with Crippen molar-refractivity contribution < 1.29 is 9.59 Å². The van der Waals surface area contributed by atoms with Gasteiger partial charge in [0, 0.05) is 19.3 Å². The van der Waals surface area contributed by atoms with Crippen molar-refractivity contribution in [1.82, 2.24) is 25.2 Å². The third-order valence-corrected chi connectivity index (χ3v) is 4.46. The predicted molar refractivity (Wildman–Crippen MR) is 98.6 cm³/mol. The molecule has 3 heterocycles. The van der Waals surface area contributed by atoms with Crippen LogP contribution in [0.1, 0.15) is 17.3 Å². The number of likely N-dealkylation sites (tertiary alicyclic amines) is 1. The second kappa shape index (κ2) is 7.05. The topological polar surface area (TPSA) is 153 Å². The van der Waals surface area contributed by atoms with E-state index < -0.39 is 11.6 Å². The maximum absolute atomic E-state index is 12.1. The van der Waals surface area contributed by atoms with Crippen LogP contribution in [0.15, 0.2) is 25.0 Å². The van der Waals surface area contributed by atoms with Crippen molar-refractivity contribution in [2.75, 3.05) is 25.0 Å². The Labute approximate surface area is 155 Å². The largest absolute Gasteiger partial charge is 0.361 e. The van der Waals surface area contributed by atoms with Gasteiger partial charge in [-0.1, -0.05) is 6.58 Å². The van der Waals surface area contributed by atoms with E-state index in [1.807, 2.05) is 6.92 Å². The minimum absolute atomic E-state index is 0.0794. The number of nitrogens with zero attached hydrogens (tertiary/aromatic N) is 4. The molecule has 0 radical (unpaired) electrons. The van der Waals surface area contributed by atoms with Gasteiger partial charge in [0.2, 0.25) is 5.91 Å². The van der Waals surface area contributed by atoms with Crippen LogP contribution in [-0.2, 0) is 4.79 Å². The third-order valence-electron chi connectivity index (χ3n) is 4.46. The molecule has 10 heteroatoms. The Hall–Kier alpha value is -3.45. The molecule has 1 saturated heterocycles. The summed E-state index contributed by atoms with van der Waals surface area (Å²) in [5, 5.41) is 15.3. The molecular formula is C17H20N8O2. The van der Waals surface area contributed by atoms with Gasteiger partial charge in [-0.2, -0.15) is 5.26 Å². The fourth-order valence-corrected chi connectivity index (χ4v) is 3.03. The number of carbonyl (C=O) groups excluding carboxylic acids is 2. The first-order valence-electron chi connectivity index (χ1n) is 8.42. The van der Waals surface area contributed by atoms with Gasteiger partial charge in [-0.15, -0.1) is 0 Å². The van der Waals surface area contributed by atoms with E-state index in [4.69, 9.17) is 5.73 Å². The smallest absolute Gasteiger partial charge is 0.255 e. The summed E-state index contributed by atoms with van der Waals surface area (Å²) in [6.45, 7) is 6.08. The molecule has 140 valence electrons. The van der Waals surface area contributed by atoms with E-state index in [0.717, 1.165) is 0 Å². The number of carbonyl (C=O) groups is 2. The standard InChI is InChI=1S/C17H20N8O2/c1-3-13(26)25-7-11(17(19,8-18)9-25)23-12-6-22-15-14(24-12)10(5-21-15)16(27)20-4-2/h3,5-6,11H,1,4,7,9,19H2,2H3,(H,20,27)(H,21,22)(H,23,24)/t11-,17-/m0/s1. The fourth-order valence-electron chi connectivity index (χ4n) is 3.03. The fraction of sp³-hybridized carbons (Fsp3) is 0.353. The van der Waals surface area contributed by atoms with Gasteiger partial charge < -0.3 is 26.3 Å². The Morgan fingerprint density at radius 2 is 2.41 bits per heavy atom. The molecule has 1 aliphatic rings. The lowest BCUT2D eigenvalue weighted by atomic mass is 9.97. The van der Waals surface area contributed by atoms with Crippen LogP contribution in [-0.4, -0.2) is 62.9 Å². The van der Waals surface area contributed by atoms with Crippen LogP contribution in [0.4, 0.5) is 5.82 Å². The van der Waals surface area contributed by atoms with E-state index in [1.165, 1.54) is 17.2 Å². The van der Waals surface area contributed by atoms with Crippen molar-refractivity contribution in [1.29, 1.82) is 5.26 Å². The SMILES string of the molecule is C=CC(=O)N1C[C@H](Nc2cnc3[nH]cc(C(=O)NCC)c3n2)[C@](N)(C#N)C1. The molecule has 27 heavy (non-hydrogen) atoms. The summed E-state index contributed by atoms with van der Waals surface area (Å²) in [4.78, 5) is 37.1. The van der Waals surface area contributed by atoms with E-state index in [2.05, 4.69) is 38.2 Å². The van der Waals surface area contributed by atoms with E-state index in [9.17, 15) is 14.9 Å². The van der Waals surface area contributed by atoms with Crippen molar-refractivity contribution in [2.24, 2.45) is 5.73 Å². The number of fused-ring (bicyclic) bond motifs is 1. The lowest BCUT2D eigenvalue weighted by molar-refractivity contribution is -0.125. The van der Waals surface area contributed by atoms with Crippen molar-refractivity contribution >= 4 is 28.8 Å². The zero-order valence-corrected chi connectivity index (χ0v) is 14.8. The first-order valence-corrected chi connectivity index (χ1v) is 8.42. The summed E-state index contributed by atoms with van der Waals surface area (Å²) in [5.41, 5.74) is 6.14. The van der Waals surface area contributed by atoms with Gasteiger partial charge in [-0.25, -0.2) is 9.97 Å². The Morgan fingerprint density at radius 1 is 1.63 bits per heavy atom. The highest BCUT2D eigenvalue weighted by atomic mass is 16.2. The third kappa shape index (κ3) is 3.32. The quantitative estimate of drug-likeness (QED) is 0.530. The molecule has 10 nitrogen and oxygen atoms in total. The number of hydrogen-bond acceptors (Lipinski definition) is 7. The molecule has 0 bridgehead atoms. The number of amides is 2. The maximum Gasteiger partial charge on any atom is 0.255 e. The first-order chi connectivity index (χ1) is 12.9. The van der Waals surface area contributed by atoms with Gasteiger partial charge in [-0.05, 0) is 13.0 Å². The van der Waals surface area contributed by atoms with Gasteiger partial charge >= 0.3 is 0 Å². The van der Waals surface area contributed by atoms with Crippen LogP contribution < -0.4 is 16.4 Å². The number of anilines is 1. The highest BCUT2D eigenvalue weighted by Gasteiger charge is 2.45. The first kappa shape index (κ1) is 18.3. The summed E-state index contributed by atoms with van der Waals surface area (Å²) in [6.07, 6.45) is 4.21. The summed E-state index contributed by atoms with van der Waals surface area (Å²) >= 11 is 0. The second-order valence-electron chi connectivity index (χ2n) is 6.29. The summed E-state index contributed by atoms with van der Waals surface area (Å²) in [6, 6.07) is 1.52. The number of H-pyrrole nitrogens is 1. The maximum atomic E-state index is 12.1. The number of hydrogen-bond donors (Lipinski definition) is 4. The minimum atomic E-state index is -1.28. The number of rotatable bonds is 5. The summed E-state index contributed by atoms with van der Waals surface area (Å²) in [5.74, 6) is -0.199. The molecule has 2 atom stereocenters. The Balaban J connectivity index is 1.88. The van der Waals surface area contributed by atoms with Gasteiger partial charge in [0.05, 0.1) is 30.4 Å². The predicted octanol–water partition coefficient (Wildman–Crippen LogP) is -0.263. The lowest BCUT2D eigenvalue weighted by Crippen LogP contribution is -2.52. The van der Waals surface area contributed by atoms with E-state index in [1.54, 1.807) is 6.20 Å². The molecule has 0 unspecified atom stereocenters. The van der Waals surface area contributed by atoms with Crippen molar-refractivity contribution in [2.45, 2.75) is 18.5 Å². The van der Waals surface area contributed by atoms with E-state index in [-0.39, 0.29) is 24.9 Å². The summed E-state index contributed by atoms with van der Waals surface area (Å²) in [7, 11) is 0. The van der Waals surface area contributed by atoms with Crippen molar-refractivity contribution in [3.05, 3.63) is 30.6 Å². The molecule has 2 aromatic heterocycles. The van der Waals surface area contributed by atoms with Gasteiger partial charge in [0.25, 0.3) is 5.91 Å². The Bertz CT molecular complexity index is 946. The normalized spacial score (nSPS) is 21.7. The van der Waals surface area contributed by atoms with E-state index in [0.29, 0.717) is 29.1 Å². The summed E-state index contributed by atoms with van der Waals surface area (Å²) < 4.78 is 0. The molecule has 1 fully saturated rings. The highest BCUT2D eigenvalue weighted by molar-refractivity contribution is 6.04. The molecule has 2 aromatic rings. The Kier molecular flexibility index (Phi) is 4.79. The lowest BCUT2D eigenvalue weighted by Gasteiger charge is -2.23. The Morgan fingerprint density at radius 3 is 3.07 bits per heavy atom. The molecule has 5 N–H and O–H groups in total. The number of aromatic amines is 1. The average molecular weight is 368 g/mol. The minimum Gasteiger partial charge on any atom is -0.361 e. The van der Waals surface area contributed by atoms with Crippen LogP contribution in [0.25, 0.3) is 11.2 Å². The van der Waals surface area contributed by atoms with Crippen molar-refractivity contribution in [3.8, 4) is 6.07 Å². The molecule has 2 amide bonds. The number of nitriles is 1. The zero-order valence-electron chi connectivity index (χ0n) is 14.8. The molecule has 0 saturated carbocycles. The highest BCUT2D eigenvalue weighted by Crippen LogP contribution is 2.24. The van der Waals surface area contributed by atoms with Crippen LogP contribution in [0, 0.1) is 11.3 Å². The zero-order chi connectivity index (χ0) is 19.6. The molecule has 0 spiro atoms. The number of nitrogens with one attached hydrogen (secondary N) is 3. The van der Waals surface area contributed by atoms with Crippen LogP contribution >= 0.6 is 0 Å². The van der Waals surface area contributed by atoms with Crippen LogP contribution in [0.5, 0.6) is 0 Å². The van der Waals surface area contributed by atoms with E-state index >= 15 is 0 Å². The molecule has 0 aliphatic carbocycles. The average Bonchev–Trinajstić information content (AvgIpc) is 3.23. The molecule has 3 rings (SSSR count). The van der Waals surface area contributed by atoms with Gasteiger partial charge in [0.1, 0.15) is 16.9 Å². The second-order valence-corrected chi connectivity index (χ2v) is 6.29. The van der Waals surface area contributed by atoms with Gasteiger partial charge in [-0.3, -0.25) is 9.59 Å². The number of nitrogens with two attached hydrogens (primary N) is 1. The monoisotopic (exact) mass is 368 g/mol. The van der Waals surface area contributed by atoms with Crippen LogP contribution in [0.3, 0.4) is 0 Å². The van der Waals surface area contributed by atoms with Crippen LogP contribution in [0.2, 0.25) is 0 Å².